The first kappa shape index (κ1) is 20.6. The van der Waals surface area contributed by atoms with Crippen LogP contribution in [0.3, 0.4) is 0 Å². The molecule has 28 heavy (non-hydrogen) atoms. The summed E-state index contributed by atoms with van der Waals surface area (Å²) in [5.41, 5.74) is 5.94. The SMILES string of the molecule is N/C(=N/OC(=O)c1ccc(Cl)cc1Cl)C1(O)CCN(Cc2ccccc2)CC1. The van der Waals surface area contributed by atoms with Gasteiger partial charge in [-0.3, -0.25) is 4.90 Å². The maximum atomic E-state index is 12.1. The molecule has 0 amide bonds. The molecule has 8 heteroatoms. The molecule has 1 heterocycles. The molecule has 1 saturated heterocycles. The van der Waals surface area contributed by atoms with Gasteiger partial charge in [-0.2, -0.15) is 0 Å². The molecule has 0 unspecified atom stereocenters. The highest BCUT2D eigenvalue weighted by atomic mass is 35.5. The van der Waals surface area contributed by atoms with Gasteiger partial charge < -0.3 is 15.7 Å². The number of rotatable bonds is 5. The quantitative estimate of drug-likeness (QED) is 0.334. The Morgan fingerprint density at radius 2 is 1.86 bits per heavy atom. The van der Waals surface area contributed by atoms with Crippen LogP contribution in [0.15, 0.2) is 53.7 Å². The van der Waals surface area contributed by atoms with E-state index in [2.05, 4.69) is 22.2 Å². The van der Waals surface area contributed by atoms with E-state index in [0.717, 1.165) is 6.54 Å². The molecular weight excluding hydrogens is 401 g/mol. The number of hydrogen-bond acceptors (Lipinski definition) is 5. The molecule has 2 aromatic rings. The number of oxime groups is 1. The highest BCUT2D eigenvalue weighted by Crippen LogP contribution is 2.25. The number of halogens is 2. The Morgan fingerprint density at radius 3 is 2.50 bits per heavy atom. The van der Waals surface area contributed by atoms with Crippen molar-refractivity contribution in [2.45, 2.75) is 25.0 Å². The van der Waals surface area contributed by atoms with Crippen LogP contribution in [0, 0.1) is 0 Å². The van der Waals surface area contributed by atoms with Crippen molar-refractivity contribution in [3.8, 4) is 0 Å². The summed E-state index contributed by atoms with van der Waals surface area (Å²) in [5, 5.41) is 15.0. The molecule has 1 aliphatic rings. The highest BCUT2D eigenvalue weighted by Gasteiger charge is 2.36. The fourth-order valence-corrected chi connectivity index (χ4v) is 3.54. The van der Waals surface area contributed by atoms with E-state index in [9.17, 15) is 9.90 Å². The zero-order valence-corrected chi connectivity index (χ0v) is 16.7. The zero-order chi connectivity index (χ0) is 20.1. The van der Waals surface area contributed by atoms with Gasteiger partial charge in [0.15, 0.2) is 5.84 Å². The first-order chi connectivity index (χ1) is 13.4. The molecule has 6 nitrogen and oxygen atoms in total. The number of nitrogens with two attached hydrogens (primary N) is 1. The first-order valence-corrected chi connectivity index (χ1v) is 9.62. The lowest BCUT2D eigenvalue weighted by molar-refractivity contribution is 0.0258. The van der Waals surface area contributed by atoms with Gasteiger partial charge >= 0.3 is 5.97 Å². The van der Waals surface area contributed by atoms with Crippen LogP contribution in [0.1, 0.15) is 28.8 Å². The van der Waals surface area contributed by atoms with Crippen LogP contribution < -0.4 is 5.73 Å². The Hall–Kier alpha value is -2.12. The van der Waals surface area contributed by atoms with Crippen molar-refractivity contribution in [1.82, 2.24) is 4.90 Å². The number of benzene rings is 2. The molecule has 1 aliphatic heterocycles. The third-order valence-corrected chi connectivity index (χ3v) is 5.33. The standard InChI is InChI=1S/C20H21Cl2N3O3/c21-15-6-7-16(17(22)12-15)18(26)28-24-19(23)20(27)8-10-25(11-9-20)13-14-4-2-1-3-5-14/h1-7,12,27H,8-11,13H2,(H2,23,24). The average molecular weight is 422 g/mol. The molecule has 0 bridgehead atoms. The molecule has 0 spiro atoms. The largest absolute Gasteiger partial charge is 0.382 e. The van der Waals surface area contributed by atoms with Crippen molar-refractivity contribution < 1.29 is 14.7 Å². The van der Waals surface area contributed by atoms with Crippen LogP contribution >= 0.6 is 23.2 Å². The molecule has 3 rings (SSSR count). The molecule has 0 saturated carbocycles. The van der Waals surface area contributed by atoms with Crippen molar-refractivity contribution in [3.63, 3.8) is 0 Å². The van der Waals surface area contributed by atoms with Crippen molar-refractivity contribution in [3.05, 3.63) is 69.7 Å². The number of piperidine rings is 1. The molecule has 0 radical (unpaired) electrons. The van der Waals surface area contributed by atoms with Crippen LogP contribution in [0.5, 0.6) is 0 Å². The maximum Gasteiger partial charge on any atom is 0.367 e. The number of hydrogen-bond donors (Lipinski definition) is 2. The lowest BCUT2D eigenvalue weighted by atomic mass is 9.90. The molecule has 2 aromatic carbocycles. The third kappa shape index (κ3) is 5.02. The summed E-state index contributed by atoms with van der Waals surface area (Å²) in [5.74, 6) is -0.889. The van der Waals surface area contributed by atoms with Gasteiger partial charge in [0.2, 0.25) is 0 Å². The second-order valence-corrected chi connectivity index (χ2v) is 7.62. The molecular formula is C20H21Cl2N3O3. The lowest BCUT2D eigenvalue weighted by Crippen LogP contribution is -2.52. The summed E-state index contributed by atoms with van der Waals surface area (Å²) in [6.45, 7) is 2.11. The normalized spacial score (nSPS) is 17.3. The predicted molar refractivity (Wildman–Crippen MR) is 109 cm³/mol. The first-order valence-electron chi connectivity index (χ1n) is 8.86. The number of carbonyl (C=O) groups excluding carboxylic acids is 1. The van der Waals surface area contributed by atoms with Crippen molar-refractivity contribution >= 4 is 35.0 Å². The number of carbonyl (C=O) groups is 1. The van der Waals surface area contributed by atoms with Crippen molar-refractivity contribution in [2.24, 2.45) is 10.9 Å². The summed E-state index contributed by atoms with van der Waals surface area (Å²) >= 11 is 11.8. The zero-order valence-electron chi connectivity index (χ0n) is 15.1. The van der Waals surface area contributed by atoms with Crippen molar-refractivity contribution in [1.29, 1.82) is 0 Å². The summed E-state index contributed by atoms with van der Waals surface area (Å²) in [6, 6.07) is 14.5. The highest BCUT2D eigenvalue weighted by molar-refractivity contribution is 6.36. The van der Waals surface area contributed by atoms with Crippen molar-refractivity contribution in [2.75, 3.05) is 13.1 Å². The van der Waals surface area contributed by atoms with Gasteiger partial charge in [0.25, 0.3) is 0 Å². The van der Waals surface area contributed by atoms with Gasteiger partial charge in [0.05, 0.1) is 10.6 Å². The Bertz CT molecular complexity index is 866. The van der Waals surface area contributed by atoms with Crippen LogP contribution in [-0.2, 0) is 11.4 Å². The predicted octanol–water partition coefficient (Wildman–Crippen LogP) is 3.45. The summed E-state index contributed by atoms with van der Waals surface area (Å²) < 4.78 is 0. The fraction of sp³-hybridized carbons (Fsp3) is 0.300. The van der Waals surface area contributed by atoms with Crippen LogP contribution in [0.2, 0.25) is 10.0 Å². The summed E-state index contributed by atoms with van der Waals surface area (Å²) in [6.07, 6.45) is 0.794. The number of nitrogens with zero attached hydrogens (tertiary/aromatic N) is 2. The molecule has 1 fully saturated rings. The lowest BCUT2D eigenvalue weighted by Gasteiger charge is -2.37. The van der Waals surface area contributed by atoms with E-state index in [0.29, 0.717) is 31.0 Å². The number of amidine groups is 1. The number of likely N-dealkylation sites (tertiary alicyclic amines) is 1. The van der Waals surface area contributed by atoms with Gasteiger partial charge in [0, 0.05) is 24.7 Å². The number of aliphatic hydroxyl groups is 1. The van der Waals surface area contributed by atoms with E-state index >= 15 is 0 Å². The van der Waals surface area contributed by atoms with Crippen LogP contribution in [0.25, 0.3) is 0 Å². The molecule has 148 valence electrons. The molecule has 0 aliphatic carbocycles. The van der Waals surface area contributed by atoms with E-state index in [1.807, 2.05) is 18.2 Å². The second kappa shape index (κ2) is 8.92. The van der Waals surface area contributed by atoms with E-state index in [1.165, 1.54) is 23.8 Å². The average Bonchev–Trinajstić information content (AvgIpc) is 2.68. The van der Waals surface area contributed by atoms with Gasteiger partial charge in [-0.25, -0.2) is 4.79 Å². The minimum absolute atomic E-state index is 0.118. The maximum absolute atomic E-state index is 12.1. The molecule has 0 aromatic heterocycles. The fourth-order valence-electron chi connectivity index (χ4n) is 3.06. The third-order valence-electron chi connectivity index (χ3n) is 4.79. The van der Waals surface area contributed by atoms with Crippen LogP contribution in [-0.4, -0.2) is 40.5 Å². The Kier molecular flexibility index (Phi) is 6.57. The second-order valence-electron chi connectivity index (χ2n) is 6.77. The monoisotopic (exact) mass is 421 g/mol. The van der Waals surface area contributed by atoms with Gasteiger partial charge in [0.1, 0.15) is 5.60 Å². The van der Waals surface area contributed by atoms with E-state index < -0.39 is 11.6 Å². The Balaban J connectivity index is 1.57. The van der Waals surface area contributed by atoms with Gasteiger partial charge in [-0.05, 0) is 36.6 Å². The van der Waals surface area contributed by atoms with E-state index in [4.69, 9.17) is 33.8 Å². The minimum Gasteiger partial charge on any atom is -0.382 e. The minimum atomic E-state index is -1.31. The Morgan fingerprint density at radius 1 is 1.18 bits per heavy atom. The topological polar surface area (TPSA) is 88.2 Å². The van der Waals surface area contributed by atoms with Gasteiger partial charge in [-0.1, -0.05) is 58.7 Å². The molecule has 0 atom stereocenters. The van der Waals surface area contributed by atoms with Gasteiger partial charge in [-0.15, -0.1) is 0 Å². The van der Waals surface area contributed by atoms with E-state index in [1.54, 1.807) is 0 Å². The van der Waals surface area contributed by atoms with Crippen LogP contribution in [0.4, 0.5) is 0 Å². The summed E-state index contributed by atoms with van der Waals surface area (Å²) in [7, 11) is 0. The Labute approximate surface area is 173 Å². The summed E-state index contributed by atoms with van der Waals surface area (Å²) in [4.78, 5) is 19.2. The molecule has 3 N–H and O–H groups in total. The smallest absolute Gasteiger partial charge is 0.367 e. The van der Waals surface area contributed by atoms with E-state index in [-0.39, 0.29) is 16.4 Å².